The third-order valence-electron chi connectivity index (χ3n) is 6.30. The number of rotatable bonds is 3. The number of benzene rings is 1. The van der Waals surface area contributed by atoms with Crippen molar-refractivity contribution in [2.45, 2.75) is 43.7 Å². The van der Waals surface area contributed by atoms with Gasteiger partial charge in [0.15, 0.2) is 9.84 Å². The molecule has 2 aromatic rings. The first-order chi connectivity index (χ1) is 13.6. The lowest BCUT2D eigenvalue weighted by atomic mass is 9.92. The van der Waals surface area contributed by atoms with Crippen LogP contribution < -0.4 is 10.6 Å². The van der Waals surface area contributed by atoms with Crippen LogP contribution in [0, 0.1) is 0 Å². The third kappa shape index (κ3) is 2.93. The zero-order valence-corrected chi connectivity index (χ0v) is 16.8. The van der Waals surface area contributed by atoms with E-state index in [1.165, 1.54) is 0 Å². The first-order valence-electron chi connectivity index (χ1n) is 9.74. The fourth-order valence-corrected chi connectivity index (χ4v) is 6.28. The van der Waals surface area contributed by atoms with Crippen molar-refractivity contribution in [3.63, 3.8) is 0 Å². The van der Waals surface area contributed by atoms with Crippen LogP contribution in [0.5, 0.6) is 0 Å². The summed E-state index contributed by atoms with van der Waals surface area (Å²) in [6.45, 7) is 2.79. The molecular weight excluding hydrogens is 398 g/mol. The van der Waals surface area contributed by atoms with E-state index < -0.39 is 21.3 Å². The second kappa shape index (κ2) is 5.95. The van der Waals surface area contributed by atoms with Crippen LogP contribution in [0.2, 0.25) is 0 Å². The molecule has 0 bridgehead atoms. The second-order valence-corrected chi connectivity index (χ2v) is 10.6. The van der Waals surface area contributed by atoms with Gasteiger partial charge in [0.25, 0.3) is 5.92 Å². The molecule has 9 heteroatoms. The molecule has 1 atom stereocenters. The first kappa shape index (κ1) is 18.9. The summed E-state index contributed by atoms with van der Waals surface area (Å²) < 4.78 is 52.0. The molecule has 2 N–H and O–H groups in total. The number of halogens is 2. The van der Waals surface area contributed by atoms with Gasteiger partial charge in [0.05, 0.1) is 22.7 Å². The van der Waals surface area contributed by atoms with E-state index in [0.29, 0.717) is 22.8 Å². The lowest BCUT2D eigenvalue weighted by molar-refractivity contribution is -0.00595. The van der Waals surface area contributed by atoms with Crippen molar-refractivity contribution < 1.29 is 17.2 Å². The summed E-state index contributed by atoms with van der Waals surface area (Å²) in [5.41, 5.74) is 7.62. The Bertz CT molecular complexity index is 1090. The van der Waals surface area contributed by atoms with Crippen LogP contribution in [-0.4, -0.2) is 42.5 Å². The van der Waals surface area contributed by atoms with E-state index in [-0.39, 0.29) is 36.1 Å². The molecule has 3 aliphatic rings. The van der Waals surface area contributed by atoms with Crippen molar-refractivity contribution in [2.75, 3.05) is 23.0 Å². The van der Waals surface area contributed by atoms with E-state index in [2.05, 4.69) is 9.97 Å². The SMILES string of the molecule is C[C@H]1CCN1c1nc(-c2ccc(C3(N)CS(=O)(=O)C3)cc2)c2c(n1)C(F)(F)CC2. The van der Waals surface area contributed by atoms with E-state index in [1.807, 2.05) is 11.8 Å². The summed E-state index contributed by atoms with van der Waals surface area (Å²) >= 11 is 0. The van der Waals surface area contributed by atoms with Gasteiger partial charge >= 0.3 is 0 Å². The molecule has 154 valence electrons. The van der Waals surface area contributed by atoms with Crippen molar-refractivity contribution in [1.82, 2.24) is 9.97 Å². The summed E-state index contributed by atoms with van der Waals surface area (Å²) in [6.07, 6.45) is 0.960. The molecular formula is C20H22F2N4O2S. The van der Waals surface area contributed by atoms with Crippen molar-refractivity contribution in [3.05, 3.63) is 41.1 Å². The lowest BCUT2D eigenvalue weighted by Crippen LogP contribution is -2.58. The summed E-state index contributed by atoms with van der Waals surface area (Å²) in [5, 5.41) is 0. The minimum Gasteiger partial charge on any atom is -0.338 e. The quantitative estimate of drug-likeness (QED) is 0.820. The van der Waals surface area contributed by atoms with Gasteiger partial charge in [-0.15, -0.1) is 0 Å². The molecule has 1 aliphatic carbocycles. The first-order valence-corrected chi connectivity index (χ1v) is 11.6. The predicted molar refractivity (Wildman–Crippen MR) is 106 cm³/mol. The van der Waals surface area contributed by atoms with E-state index in [4.69, 9.17) is 5.73 Å². The Balaban J connectivity index is 1.56. The molecule has 29 heavy (non-hydrogen) atoms. The zero-order valence-electron chi connectivity index (χ0n) is 16.0. The maximum absolute atomic E-state index is 14.5. The number of alkyl halides is 2. The van der Waals surface area contributed by atoms with E-state index in [1.54, 1.807) is 24.3 Å². The van der Waals surface area contributed by atoms with E-state index in [0.717, 1.165) is 18.5 Å². The second-order valence-electron chi connectivity index (χ2n) is 8.50. The maximum atomic E-state index is 14.5. The lowest BCUT2D eigenvalue weighted by Gasteiger charge is -2.39. The molecule has 2 saturated heterocycles. The number of hydrogen-bond donors (Lipinski definition) is 1. The van der Waals surface area contributed by atoms with Gasteiger partial charge in [-0.2, -0.15) is 8.78 Å². The van der Waals surface area contributed by atoms with Gasteiger partial charge in [-0.3, -0.25) is 0 Å². The van der Waals surface area contributed by atoms with Crippen LogP contribution >= 0.6 is 0 Å². The molecule has 1 aromatic heterocycles. The van der Waals surface area contributed by atoms with Gasteiger partial charge in [0.1, 0.15) is 5.69 Å². The highest BCUT2D eigenvalue weighted by molar-refractivity contribution is 7.93. The number of nitrogens with two attached hydrogens (primary N) is 1. The van der Waals surface area contributed by atoms with Gasteiger partial charge in [0, 0.05) is 30.1 Å². The molecule has 0 saturated carbocycles. The molecule has 0 unspecified atom stereocenters. The highest BCUT2D eigenvalue weighted by Gasteiger charge is 2.47. The Kier molecular flexibility index (Phi) is 3.87. The highest BCUT2D eigenvalue weighted by Crippen LogP contribution is 2.45. The Morgan fingerprint density at radius 3 is 2.41 bits per heavy atom. The number of nitrogens with zero attached hydrogens (tertiary/aromatic N) is 3. The minimum atomic E-state index is -3.07. The van der Waals surface area contributed by atoms with Crippen molar-refractivity contribution in [3.8, 4) is 11.3 Å². The molecule has 5 rings (SSSR count). The van der Waals surface area contributed by atoms with Crippen LogP contribution in [0.3, 0.4) is 0 Å². The summed E-state index contributed by atoms with van der Waals surface area (Å²) in [5.74, 6) is -2.75. The fourth-order valence-electron chi connectivity index (χ4n) is 4.46. The minimum absolute atomic E-state index is 0.0779. The average Bonchev–Trinajstić information content (AvgIpc) is 2.93. The smallest absolute Gasteiger partial charge is 0.290 e. The largest absolute Gasteiger partial charge is 0.338 e. The predicted octanol–water partition coefficient (Wildman–Crippen LogP) is 2.36. The Morgan fingerprint density at radius 1 is 1.17 bits per heavy atom. The standard InChI is InChI=1S/C20H22F2N4O2S/c1-12-7-9-26(12)18-24-16(15-6-8-20(21,22)17(15)25-18)13-2-4-14(5-3-13)19(23)10-29(27,28)11-19/h2-5,12H,6-11,23H2,1H3/t12-/m0/s1. The Morgan fingerprint density at radius 2 is 1.86 bits per heavy atom. The van der Waals surface area contributed by atoms with Gasteiger partial charge in [-0.05, 0) is 25.3 Å². The van der Waals surface area contributed by atoms with Crippen LogP contribution in [0.4, 0.5) is 14.7 Å². The molecule has 2 aliphatic heterocycles. The molecule has 0 radical (unpaired) electrons. The van der Waals surface area contributed by atoms with Gasteiger partial charge in [-0.25, -0.2) is 18.4 Å². The molecule has 2 fully saturated rings. The summed E-state index contributed by atoms with van der Waals surface area (Å²) in [4.78, 5) is 10.8. The van der Waals surface area contributed by atoms with Crippen LogP contribution in [0.25, 0.3) is 11.3 Å². The normalized spacial score (nSPS) is 25.8. The van der Waals surface area contributed by atoms with Crippen molar-refractivity contribution in [1.29, 1.82) is 0 Å². The van der Waals surface area contributed by atoms with Crippen LogP contribution in [-0.2, 0) is 27.7 Å². The maximum Gasteiger partial charge on any atom is 0.290 e. The molecule has 0 spiro atoms. The van der Waals surface area contributed by atoms with Gasteiger partial charge in [-0.1, -0.05) is 24.3 Å². The third-order valence-corrected chi connectivity index (χ3v) is 8.21. The number of fused-ring (bicyclic) bond motifs is 1. The number of sulfone groups is 1. The Labute approximate surface area is 168 Å². The number of anilines is 1. The van der Waals surface area contributed by atoms with Crippen molar-refractivity contribution in [2.24, 2.45) is 5.73 Å². The summed E-state index contributed by atoms with van der Waals surface area (Å²) in [7, 11) is -3.07. The van der Waals surface area contributed by atoms with E-state index >= 15 is 0 Å². The fraction of sp³-hybridized carbons (Fsp3) is 0.500. The number of aromatic nitrogens is 2. The monoisotopic (exact) mass is 420 g/mol. The molecule has 3 heterocycles. The molecule has 0 amide bonds. The Hall–Kier alpha value is -2.13. The van der Waals surface area contributed by atoms with Crippen LogP contribution in [0.15, 0.2) is 24.3 Å². The zero-order chi connectivity index (χ0) is 20.6. The molecule has 1 aromatic carbocycles. The number of hydrogen-bond acceptors (Lipinski definition) is 6. The van der Waals surface area contributed by atoms with Gasteiger partial charge < -0.3 is 10.6 Å². The summed E-state index contributed by atoms with van der Waals surface area (Å²) in [6, 6.07) is 7.36. The molecule has 6 nitrogen and oxygen atoms in total. The van der Waals surface area contributed by atoms with Gasteiger partial charge in [0.2, 0.25) is 5.95 Å². The van der Waals surface area contributed by atoms with E-state index in [9.17, 15) is 17.2 Å². The van der Waals surface area contributed by atoms with Crippen molar-refractivity contribution >= 4 is 15.8 Å². The average molecular weight is 420 g/mol. The topological polar surface area (TPSA) is 89.2 Å². The highest BCUT2D eigenvalue weighted by atomic mass is 32.2. The van der Waals surface area contributed by atoms with Crippen LogP contribution in [0.1, 0.15) is 36.6 Å².